The van der Waals surface area contributed by atoms with Crippen LogP contribution in [0.3, 0.4) is 0 Å². The minimum absolute atomic E-state index is 0.358. The number of rotatable bonds is 5. The van der Waals surface area contributed by atoms with Crippen LogP contribution in [0.25, 0.3) is 0 Å². The van der Waals surface area contributed by atoms with Crippen LogP contribution in [0.1, 0.15) is 27.1 Å². The van der Waals surface area contributed by atoms with Crippen molar-refractivity contribution >= 4 is 17.5 Å². The lowest BCUT2D eigenvalue weighted by Gasteiger charge is -2.14. The summed E-state index contributed by atoms with van der Waals surface area (Å²) in [6.07, 6.45) is 1.09. The van der Waals surface area contributed by atoms with Crippen LogP contribution < -0.4 is 22.1 Å². The van der Waals surface area contributed by atoms with E-state index in [9.17, 15) is 9.59 Å². The van der Waals surface area contributed by atoms with Crippen molar-refractivity contribution in [1.29, 1.82) is 0 Å². The van der Waals surface area contributed by atoms with Gasteiger partial charge in [-0.05, 0) is 43.6 Å². The molecule has 0 saturated carbocycles. The molecule has 6 heteroatoms. The zero-order chi connectivity index (χ0) is 13.8. The highest BCUT2D eigenvalue weighted by molar-refractivity contribution is 6.01. The number of nitrogens with one attached hydrogen (secondary N) is 2. The number of hydrogen-bond donors (Lipinski definition) is 4. The highest BCUT2D eigenvalue weighted by Gasteiger charge is 2.16. The molecular formula is C13H18N4O2. The normalized spacial score (nSPS) is 18.2. The molecule has 19 heavy (non-hydrogen) atoms. The molecule has 2 amide bonds. The van der Waals surface area contributed by atoms with Gasteiger partial charge in [-0.25, -0.2) is 0 Å². The maximum Gasteiger partial charge on any atom is 0.250 e. The molecule has 0 spiro atoms. The molecule has 1 aromatic carbocycles. The SMILES string of the molecule is NC(=O)c1ccc(C(N)=O)c(NCC2CCNC2)c1. The first-order chi connectivity index (χ1) is 9.08. The van der Waals surface area contributed by atoms with Gasteiger partial charge in [0.05, 0.1) is 5.56 Å². The van der Waals surface area contributed by atoms with Crippen molar-refractivity contribution < 1.29 is 9.59 Å². The summed E-state index contributed by atoms with van der Waals surface area (Å²) < 4.78 is 0. The van der Waals surface area contributed by atoms with Crippen molar-refractivity contribution in [3.63, 3.8) is 0 Å². The van der Waals surface area contributed by atoms with Gasteiger partial charge in [0.25, 0.3) is 5.91 Å². The second-order valence-corrected chi connectivity index (χ2v) is 4.73. The highest BCUT2D eigenvalue weighted by atomic mass is 16.1. The van der Waals surface area contributed by atoms with E-state index in [0.717, 1.165) is 26.1 Å². The maximum atomic E-state index is 11.4. The van der Waals surface area contributed by atoms with Crippen LogP contribution in [-0.4, -0.2) is 31.4 Å². The summed E-state index contributed by atoms with van der Waals surface area (Å²) in [7, 11) is 0. The van der Waals surface area contributed by atoms with E-state index in [1.54, 1.807) is 6.07 Å². The van der Waals surface area contributed by atoms with Gasteiger partial charge in [-0.3, -0.25) is 9.59 Å². The Morgan fingerprint density at radius 3 is 2.68 bits per heavy atom. The van der Waals surface area contributed by atoms with E-state index in [-0.39, 0.29) is 0 Å². The molecule has 0 aliphatic carbocycles. The Bertz CT molecular complexity index is 495. The topological polar surface area (TPSA) is 110 Å². The molecular weight excluding hydrogens is 244 g/mol. The van der Waals surface area contributed by atoms with Gasteiger partial charge in [-0.2, -0.15) is 0 Å². The second-order valence-electron chi connectivity index (χ2n) is 4.73. The quantitative estimate of drug-likeness (QED) is 0.594. The van der Waals surface area contributed by atoms with Gasteiger partial charge in [-0.1, -0.05) is 0 Å². The smallest absolute Gasteiger partial charge is 0.250 e. The molecule has 0 aromatic heterocycles. The molecule has 2 rings (SSSR count). The minimum atomic E-state index is -0.526. The van der Waals surface area contributed by atoms with E-state index >= 15 is 0 Å². The second kappa shape index (κ2) is 5.71. The first-order valence-electron chi connectivity index (χ1n) is 6.26. The summed E-state index contributed by atoms with van der Waals surface area (Å²) in [5.74, 6) is -0.539. The van der Waals surface area contributed by atoms with Gasteiger partial charge in [0.1, 0.15) is 0 Å². The predicted octanol–water partition coefficient (Wildman–Crippen LogP) is -0.0942. The van der Waals surface area contributed by atoms with E-state index in [0.29, 0.717) is 22.7 Å². The van der Waals surface area contributed by atoms with Crippen LogP contribution in [0.2, 0.25) is 0 Å². The Balaban J connectivity index is 2.16. The lowest BCUT2D eigenvalue weighted by atomic mass is 10.1. The number of benzene rings is 1. The number of amides is 2. The number of primary amides is 2. The summed E-state index contributed by atoms with van der Waals surface area (Å²) in [6.45, 7) is 2.69. The number of carbonyl (C=O) groups excluding carboxylic acids is 2. The van der Waals surface area contributed by atoms with Crippen LogP contribution in [0.4, 0.5) is 5.69 Å². The molecule has 1 fully saturated rings. The van der Waals surface area contributed by atoms with Crippen LogP contribution >= 0.6 is 0 Å². The summed E-state index contributed by atoms with van der Waals surface area (Å²) >= 11 is 0. The molecule has 1 aliphatic rings. The van der Waals surface area contributed by atoms with Gasteiger partial charge < -0.3 is 22.1 Å². The monoisotopic (exact) mass is 262 g/mol. The first kappa shape index (κ1) is 13.4. The van der Waals surface area contributed by atoms with E-state index in [2.05, 4.69) is 10.6 Å². The molecule has 102 valence electrons. The standard InChI is InChI=1S/C13H18N4O2/c14-12(18)9-1-2-10(13(15)19)11(5-9)17-7-8-3-4-16-6-8/h1-2,5,8,16-17H,3-4,6-7H2,(H2,14,18)(H2,15,19). The average molecular weight is 262 g/mol. The molecule has 6 nitrogen and oxygen atoms in total. The van der Waals surface area contributed by atoms with E-state index in [1.807, 2.05) is 0 Å². The van der Waals surface area contributed by atoms with Gasteiger partial charge in [-0.15, -0.1) is 0 Å². The van der Waals surface area contributed by atoms with Crippen LogP contribution in [0, 0.1) is 5.92 Å². The van der Waals surface area contributed by atoms with Gasteiger partial charge in [0.15, 0.2) is 0 Å². The molecule has 1 aliphatic heterocycles. The van der Waals surface area contributed by atoms with Crippen LogP contribution in [0.15, 0.2) is 18.2 Å². The van der Waals surface area contributed by atoms with Crippen molar-refractivity contribution in [2.24, 2.45) is 17.4 Å². The number of hydrogen-bond acceptors (Lipinski definition) is 4. The lowest BCUT2D eigenvalue weighted by molar-refractivity contribution is 0.0989. The largest absolute Gasteiger partial charge is 0.384 e. The molecule has 0 radical (unpaired) electrons. The van der Waals surface area contributed by atoms with Crippen molar-refractivity contribution in [3.05, 3.63) is 29.3 Å². The summed E-state index contributed by atoms with van der Waals surface area (Å²) in [4.78, 5) is 22.5. The van der Waals surface area contributed by atoms with Crippen molar-refractivity contribution in [2.45, 2.75) is 6.42 Å². The number of carbonyl (C=O) groups is 2. The van der Waals surface area contributed by atoms with Crippen LogP contribution in [0.5, 0.6) is 0 Å². The first-order valence-corrected chi connectivity index (χ1v) is 6.26. The Labute approximate surface area is 111 Å². The molecule has 1 atom stereocenters. The third kappa shape index (κ3) is 3.23. The zero-order valence-electron chi connectivity index (χ0n) is 10.6. The van der Waals surface area contributed by atoms with Crippen molar-refractivity contribution in [1.82, 2.24) is 5.32 Å². The van der Waals surface area contributed by atoms with Crippen LogP contribution in [-0.2, 0) is 0 Å². The van der Waals surface area contributed by atoms with Gasteiger partial charge in [0, 0.05) is 17.8 Å². The summed E-state index contributed by atoms with van der Waals surface area (Å²) in [6, 6.07) is 4.60. The summed E-state index contributed by atoms with van der Waals surface area (Å²) in [5, 5.41) is 6.45. The fraction of sp³-hybridized carbons (Fsp3) is 0.385. The van der Waals surface area contributed by atoms with Crippen molar-refractivity contribution in [2.75, 3.05) is 25.0 Å². The Kier molecular flexibility index (Phi) is 4.01. The third-order valence-electron chi connectivity index (χ3n) is 3.31. The van der Waals surface area contributed by atoms with Gasteiger partial charge >= 0.3 is 0 Å². The number of nitrogens with two attached hydrogens (primary N) is 2. The van der Waals surface area contributed by atoms with Gasteiger partial charge in [0.2, 0.25) is 5.91 Å². The molecule has 1 heterocycles. The van der Waals surface area contributed by atoms with Crippen molar-refractivity contribution in [3.8, 4) is 0 Å². The Morgan fingerprint density at radius 2 is 2.11 bits per heavy atom. The highest BCUT2D eigenvalue weighted by Crippen LogP contribution is 2.19. The molecule has 0 bridgehead atoms. The maximum absolute atomic E-state index is 11.4. The average Bonchev–Trinajstić information content (AvgIpc) is 2.88. The minimum Gasteiger partial charge on any atom is -0.384 e. The fourth-order valence-electron chi connectivity index (χ4n) is 2.20. The van der Waals surface area contributed by atoms with E-state index in [4.69, 9.17) is 11.5 Å². The molecule has 1 saturated heterocycles. The Morgan fingerprint density at radius 1 is 1.32 bits per heavy atom. The summed E-state index contributed by atoms with van der Waals surface area (Å²) in [5.41, 5.74) is 11.8. The predicted molar refractivity (Wildman–Crippen MR) is 72.9 cm³/mol. The zero-order valence-corrected chi connectivity index (χ0v) is 10.6. The molecule has 1 aromatic rings. The van der Waals surface area contributed by atoms with E-state index < -0.39 is 11.8 Å². The Hall–Kier alpha value is -2.08. The fourth-order valence-corrected chi connectivity index (χ4v) is 2.20. The molecule has 1 unspecified atom stereocenters. The lowest BCUT2D eigenvalue weighted by Crippen LogP contribution is -2.21. The van der Waals surface area contributed by atoms with E-state index in [1.165, 1.54) is 12.1 Å². The number of anilines is 1. The molecule has 6 N–H and O–H groups in total. The third-order valence-corrected chi connectivity index (χ3v) is 3.31.